The molecule has 0 aromatic heterocycles. The molecule has 0 N–H and O–H groups in total. The summed E-state index contributed by atoms with van der Waals surface area (Å²) in [6, 6.07) is 5.93. The highest BCUT2D eigenvalue weighted by atomic mass is 19.1. The van der Waals surface area contributed by atoms with Crippen molar-refractivity contribution in [2.24, 2.45) is 5.92 Å². The van der Waals surface area contributed by atoms with Crippen molar-refractivity contribution in [1.82, 2.24) is 4.90 Å². The van der Waals surface area contributed by atoms with Crippen LogP contribution in [0, 0.1) is 28.9 Å². The Hall–Kier alpha value is -1.47. The summed E-state index contributed by atoms with van der Waals surface area (Å²) in [7, 11) is 0. The van der Waals surface area contributed by atoms with Crippen LogP contribution in [0.4, 0.5) is 8.78 Å². The Morgan fingerprint density at radius 3 is 2.55 bits per heavy atom. The molecule has 1 aromatic carbocycles. The summed E-state index contributed by atoms with van der Waals surface area (Å²) in [4.78, 5) is 2.26. The molecule has 0 bridgehead atoms. The van der Waals surface area contributed by atoms with E-state index in [0.717, 1.165) is 19.0 Å². The zero-order valence-electron chi connectivity index (χ0n) is 12.2. The lowest BCUT2D eigenvalue weighted by molar-refractivity contribution is 0.0833. The first-order valence-corrected chi connectivity index (χ1v) is 6.92. The van der Waals surface area contributed by atoms with Crippen LogP contribution < -0.4 is 0 Å². The number of likely N-dealkylation sites (tertiary alicyclic amines) is 1. The van der Waals surface area contributed by atoms with Gasteiger partial charge in [0.1, 0.15) is 11.6 Å². The Kier molecular flexibility index (Phi) is 4.10. The van der Waals surface area contributed by atoms with Crippen LogP contribution in [0.3, 0.4) is 0 Å². The minimum atomic E-state index is -0.580. The van der Waals surface area contributed by atoms with E-state index in [2.05, 4.69) is 31.7 Å². The molecule has 1 aliphatic rings. The molecule has 1 saturated heterocycles. The van der Waals surface area contributed by atoms with Crippen molar-refractivity contribution in [3.63, 3.8) is 0 Å². The minimum absolute atomic E-state index is 0.0187. The minimum Gasteiger partial charge on any atom is -0.298 e. The predicted molar refractivity (Wildman–Crippen MR) is 74.1 cm³/mol. The smallest absolute Gasteiger partial charge is 0.129 e. The summed E-state index contributed by atoms with van der Waals surface area (Å²) in [5, 5.41) is 9.29. The molecule has 1 aromatic rings. The van der Waals surface area contributed by atoms with Crippen molar-refractivity contribution in [2.75, 3.05) is 13.1 Å². The second-order valence-corrected chi connectivity index (χ2v) is 6.41. The first-order chi connectivity index (χ1) is 9.32. The van der Waals surface area contributed by atoms with Gasteiger partial charge in [-0.2, -0.15) is 5.26 Å². The molecule has 0 aliphatic carbocycles. The van der Waals surface area contributed by atoms with Crippen LogP contribution in [0.5, 0.6) is 0 Å². The van der Waals surface area contributed by atoms with Crippen molar-refractivity contribution in [1.29, 1.82) is 5.26 Å². The van der Waals surface area contributed by atoms with Crippen LogP contribution in [-0.2, 0) is 0 Å². The molecule has 1 aliphatic heterocycles. The second-order valence-electron chi connectivity index (χ2n) is 6.41. The standard InChI is InChI=1S/C16H20F2N2/c1-16(2,3)20-7-6-11(9-19)14(10-20)13-5-4-12(17)8-15(13)18/h4-5,8,11,14H,6-7,10H2,1-3H3. The van der Waals surface area contributed by atoms with Gasteiger partial charge in [-0.15, -0.1) is 0 Å². The third kappa shape index (κ3) is 2.99. The summed E-state index contributed by atoms with van der Waals surface area (Å²) in [5.74, 6) is -1.55. The van der Waals surface area contributed by atoms with E-state index >= 15 is 0 Å². The summed E-state index contributed by atoms with van der Waals surface area (Å²) < 4.78 is 27.0. The molecular formula is C16H20F2N2. The normalized spacial score (nSPS) is 24.4. The maximum atomic E-state index is 14.0. The van der Waals surface area contributed by atoms with Crippen LogP contribution in [-0.4, -0.2) is 23.5 Å². The molecule has 2 atom stereocenters. The lowest BCUT2D eigenvalue weighted by atomic mass is 9.80. The topological polar surface area (TPSA) is 27.0 Å². The largest absolute Gasteiger partial charge is 0.298 e. The number of benzene rings is 1. The van der Waals surface area contributed by atoms with Gasteiger partial charge < -0.3 is 0 Å². The maximum Gasteiger partial charge on any atom is 0.129 e. The maximum absolute atomic E-state index is 14.0. The zero-order chi connectivity index (χ0) is 14.9. The summed E-state index contributed by atoms with van der Waals surface area (Å²) in [6.07, 6.45) is 0.718. The highest BCUT2D eigenvalue weighted by Crippen LogP contribution is 2.36. The van der Waals surface area contributed by atoms with Crippen LogP contribution >= 0.6 is 0 Å². The number of hydrogen-bond acceptors (Lipinski definition) is 2. The molecule has 1 fully saturated rings. The van der Waals surface area contributed by atoms with Crippen molar-refractivity contribution >= 4 is 0 Å². The molecule has 20 heavy (non-hydrogen) atoms. The highest BCUT2D eigenvalue weighted by molar-refractivity contribution is 5.26. The van der Waals surface area contributed by atoms with Gasteiger partial charge in [0.15, 0.2) is 0 Å². The average Bonchev–Trinajstić information content (AvgIpc) is 2.37. The van der Waals surface area contributed by atoms with E-state index in [0.29, 0.717) is 12.1 Å². The average molecular weight is 278 g/mol. The molecule has 108 valence electrons. The SMILES string of the molecule is CC(C)(C)N1CCC(C#N)C(c2ccc(F)cc2F)C1. The third-order valence-electron chi connectivity index (χ3n) is 4.09. The van der Waals surface area contributed by atoms with E-state index in [9.17, 15) is 14.0 Å². The Morgan fingerprint density at radius 1 is 1.30 bits per heavy atom. The molecule has 4 heteroatoms. The van der Waals surface area contributed by atoms with Gasteiger partial charge in [0.2, 0.25) is 0 Å². The van der Waals surface area contributed by atoms with Crippen molar-refractivity contribution < 1.29 is 8.78 Å². The number of halogens is 2. The van der Waals surface area contributed by atoms with Gasteiger partial charge in [0.25, 0.3) is 0 Å². The van der Waals surface area contributed by atoms with Crippen LogP contribution in [0.15, 0.2) is 18.2 Å². The monoisotopic (exact) mass is 278 g/mol. The van der Waals surface area contributed by atoms with Gasteiger partial charge in [-0.1, -0.05) is 6.07 Å². The van der Waals surface area contributed by atoms with Gasteiger partial charge in [0, 0.05) is 24.1 Å². The number of piperidine rings is 1. The molecular weight excluding hydrogens is 258 g/mol. The summed E-state index contributed by atoms with van der Waals surface area (Å²) >= 11 is 0. The molecule has 0 amide bonds. The molecule has 0 spiro atoms. The number of nitriles is 1. The fourth-order valence-corrected chi connectivity index (χ4v) is 2.83. The van der Waals surface area contributed by atoms with E-state index in [1.165, 1.54) is 12.1 Å². The van der Waals surface area contributed by atoms with Crippen LogP contribution in [0.1, 0.15) is 38.7 Å². The summed E-state index contributed by atoms with van der Waals surface area (Å²) in [6.45, 7) is 7.79. The molecule has 2 rings (SSSR count). The zero-order valence-corrected chi connectivity index (χ0v) is 12.2. The molecule has 2 unspecified atom stereocenters. The van der Waals surface area contributed by atoms with Gasteiger partial charge in [0.05, 0.1) is 12.0 Å². The summed E-state index contributed by atoms with van der Waals surface area (Å²) in [5.41, 5.74) is 0.432. The fourth-order valence-electron chi connectivity index (χ4n) is 2.83. The Balaban J connectivity index is 2.32. The number of nitrogens with zero attached hydrogens (tertiary/aromatic N) is 2. The lowest BCUT2D eigenvalue weighted by Crippen LogP contribution is -2.49. The van der Waals surface area contributed by atoms with Crippen LogP contribution in [0.25, 0.3) is 0 Å². The van der Waals surface area contributed by atoms with E-state index in [4.69, 9.17) is 0 Å². The Labute approximate surface area is 119 Å². The van der Waals surface area contributed by atoms with Gasteiger partial charge in [-0.05, 0) is 45.4 Å². The van der Waals surface area contributed by atoms with Gasteiger partial charge in [-0.3, -0.25) is 4.90 Å². The predicted octanol–water partition coefficient (Wildman–Crippen LogP) is 3.69. The van der Waals surface area contributed by atoms with E-state index in [1.54, 1.807) is 0 Å². The van der Waals surface area contributed by atoms with Gasteiger partial charge in [-0.25, -0.2) is 8.78 Å². The molecule has 2 nitrogen and oxygen atoms in total. The van der Waals surface area contributed by atoms with Crippen LogP contribution in [0.2, 0.25) is 0 Å². The van der Waals surface area contributed by atoms with Crippen molar-refractivity contribution in [2.45, 2.75) is 38.6 Å². The highest BCUT2D eigenvalue weighted by Gasteiger charge is 2.35. The molecule has 0 radical (unpaired) electrons. The number of hydrogen-bond donors (Lipinski definition) is 0. The molecule has 0 saturated carbocycles. The molecule has 1 heterocycles. The van der Waals surface area contributed by atoms with Crippen molar-refractivity contribution in [3.8, 4) is 6.07 Å². The fraction of sp³-hybridized carbons (Fsp3) is 0.562. The van der Waals surface area contributed by atoms with E-state index < -0.39 is 11.6 Å². The Bertz CT molecular complexity index is 528. The Morgan fingerprint density at radius 2 is 2.00 bits per heavy atom. The first-order valence-electron chi connectivity index (χ1n) is 6.92. The number of rotatable bonds is 1. The van der Waals surface area contributed by atoms with E-state index in [1.807, 2.05) is 0 Å². The van der Waals surface area contributed by atoms with E-state index in [-0.39, 0.29) is 17.4 Å². The first kappa shape index (κ1) is 14.9. The van der Waals surface area contributed by atoms with Crippen molar-refractivity contribution in [3.05, 3.63) is 35.4 Å². The van der Waals surface area contributed by atoms with Gasteiger partial charge >= 0.3 is 0 Å². The second kappa shape index (κ2) is 5.49. The quantitative estimate of drug-likeness (QED) is 0.783. The third-order valence-corrected chi connectivity index (χ3v) is 4.09. The lowest BCUT2D eigenvalue weighted by Gasteiger charge is -2.43.